The maximum absolute atomic E-state index is 12.3. The molecule has 1 amide bonds. The molecule has 0 saturated heterocycles. The Hall–Kier alpha value is -2.29. The molecule has 4 aromatic rings. The highest BCUT2D eigenvalue weighted by molar-refractivity contribution is 7.19. The number of fused-ring (bicyclic) bond motifs is 1. The van der Waals surface area contributed by atoms with Crippen molar-refractivity contribution >= 4 is 56.4 Å². The third kappa shape index (κ3) is 2.83. The summed E-state index contributed by atoms with van der Waals surface area (Å²) in [6.07, 6.45) is 0. The number of hydrogen-bond donors (Lipinski definition) is 1. The molecule has 114 valence electrons. The molecular weight excluding hydrogens is 356 g/mol. The molecule has 0 aliphatic carbocycles. The van der Waals surface area contributed by atoms with Gasteiger partial charge in [0.05, 0.1) is 24.9 Å². The molecule has 0 atom stereocenters. The summed E-state index contributed by atoms with van der Waals surface area (Å²) in [7, 11) is 0. The van der Waals surface area contributed by atoms with Crippen molar-refractivity contribution in [3.05, 3.63) is 45.7 Å². The van der Waals surface area contributed by atoms with Gasteiger partial charge in [0.15, 0.2) is 0 Å². The van der Waals surface area contributed by atoms with Crippen molar-refractivity contribution in [2.45, 2.75) is 0 Å². The van der Waals surface area contributed by atoms with Gasteiger partial charge in [-0.25, -0.2) is 4.98 Å². The van der Waals surface area contributed by atoms with Gasteiger partial charge in [-0.1, -0.05) is 16.7 Å². The first kappa shape index (κ1) is 14.3. The second-order valence-corrected chi connectivity index (χ2v) is 7.11. The van der Waals surface area contributed by atoms with Crippen LogP contribution in [0.3, 0.4) is 0 Å². The maximum Gasteiger partial charge on any atom is 0.322 e. The summed E-state index contributed by atoms with van der Waals surface area (Å²) < 4.78 is 7.00. The topological polar surface area (TPSA) is 80.9 Å². The fourth-order valence-electron chi connectivity index (χ4n) is 1.97. The Balaban J connectivity index is 1.55. The Labute approximate surface area is 142 Å². The second kappa shape index (κ2) is 5.73. The van der Waals surface area contributed by atoms with E-state index in [1.54, 1.807) is 35.8 Å². The zero-order valence-corrected chi connectivity index (χ0v) is 13.7. The Morgan fingerprint density at radius 3 is 2.96 bits per heavy atom. The number of amides is 1. The van der Waals surface area contributed by atoms with E-state index >= 15 is 0 Å². The van der Waals surface area contributed by atoms with E-state index < -0.39 is 0 Å². The van der Waals surface area contributed by atoms with Gasteiger partial charge in [0.1, 0.15) is 0 Å². The molecule has 0 bridgehead atoms. The third-order valence-corrected chi connectivity index (χ3v) is 5.03. The van der Waals surface area contributed by atoms with E-state index in [0.717, 1.165) is 15.1 Å². The van der Waals surface area contributed by atoms with Crippen molar-refractivity contribution in [2.75, 3.05) is 5.32 Å². The smallest absolute Gasteiger partial charge is 0.322 e. The first-order chi connectivity index (χ1) is 11.2. The molecule has 9 heteroatoms. The molecule has 0 saturated carbocycles. The van der Waals surface area contributed by atoms with Gasteiger partial charge >= 0.3 is 6.01 Å². The van der Waals surface area contributed by atoms with Crippen LogP contribution in [0.5, 0.6) is 0 Å². The van der Waals surface area contributed by atoms with Crippen LogP contribution in [-0.2, 0) is 0 Å². The van der Waals surface area contributed by atoms with Crippen molar-refractivity contribution in [3.63, 3.8) is 0 Å². The predicted molar refractivity (Wildman–Crippen MR) is 90.2 cm³/mol. The van der Waals surface area contributed by atoms with Crippen molar-refractivity contribution in [2.24, 2.45) is 0 Å². The third-order valence-electron chi connectivity index (χ3n) is 3.02. The van der Waals surface area contributed by atoms with Crippen molar-refractivity contribution in [1.82, 2.24) is 15.2 Å². The van der Waals surface area contributed by atoms with Gasteiger partial charge in [0.2, 0.25) is 0 Å². The number of thiophene rings is 1. The van der Waals surface area contributed by atoms with Gasteiger partial charge in [-0.15, -0.1) is 27.8 Å². The second-order valence-electron chi connectivity index (χ2n) is 4.51. The van der Waals surface area contributed by atoms with E-state index in [9.17, 15) is 4.79 Å². The molecule has 0 radical (unpaired) electrons. The minimum atomic E-state index is -0.320. The van der Waals surface area contributed by atoms with Crippen LogP contribution in [0.15, 0.2) is 40.3 Å². The lowest BCUT2D eigenvalue weighted by atomic mass is 10.2. The van der Waals surface area contributed by atoms with Crippen LogP contribution in [0.4, 0.5) is 6.01 Å². The summed E-state index contributed by atoms with van der Waals surface area (Å²) in [5.41, 5.74) is 3.10. The molecule has 1 N–H and O–H groups in total. The number of nitrogens with one attached hydrogen (secondary N) is 1. The monoisotopic (exact) mass is 362 g/mol. The van der Waals surface area contributed by atoms with Crippen LogP contribution in [-0.4, -0.2) is 21.1 Å². The molecule has 6 nitrogen and oxygen atoms in total. The lowest BCUT2D eigenvalue weighted by Gasteiger charge is -2.00. The van der Waals surface area contributed by atoms with E-state index in [1.165, 1.54) is 22.7 Å². The highest BCUT2D eigenvalue weighted by atomic mass is 35.5. The highest BCUT2D eigenvalue weighted by Gasteiger charge is 2.14. The van der Waals surface area contributed by atoms with E-state index in [-0.39, 0.29) is 11.9 Å². The number of nitrogens with zero attached hydrogens (tertiary/aromatic N) is 3. The van der Waals surface area contributed by atoms with E-state index in [2.05, 4.69) is 20.5 Å². The van der Waals surface area contributed by atoms with Gasteiger partial charge in [-0.2, -0.15) is 0 Å². The number of hydrogen-bond acceptors (Lipinski definition) is 7. The van der Waals surface area contributed by atoms with Gasteiger partial charge in [0.25, 0.3) is 11.8 Å². The summed E-state index contributed by atoms with van der Waals surface area (Å²) in [5.74, 6) is -0.00480. The molecule has 23 heavy (non-hydrogen) atoms. The van der Waals surface area contributed by atoms with Crippen molar-refractivity contribution in [1.29, 1.82) is 0 Å². The van der Waals surface area contributed by atoms with Crippen LogP contribution in [0, 0.1) is 0 Å². The Morgan fingerprint density at radius 2 is 2.13 bits per heavy atom. The number of carbonyl (C=O) groups is 1. The number of anilines is 1. The van der Waals surface area contributed by atoms with Crippen LogP contribution >= 0.6 is 34.3 Å². The van der Waals surface area contributed by atoms with Gasteiger partial charge in [-0.05, 0) is 30.3 Å². The van der Waals surface area contributed by atoms with E-state index in [0.29, 0.717) is 15.8 Å². The van der Waals surface area contributed by atoms with Crippen LogP contribution in [0.1, 0.15) is 10.4 Å². The number of aromatic nitrogens is 3. The molecule has 4 rings (SSSR count). The predicted octanol–water partition coefficient (Wildman–Crippen LogP) is 4.31. The van der Waals surface area contributed by atoms with Crippen molar-refractivity contribution < 1.29 is 9.21 Å². The van der Waals surface area contributed by atoms with Gasteiger partial charge in [-0.3, -0.25) is 10.1 Å². The molecule has 0 aliphatic rings. The Kier molecular flexibility index (Phi) is 3.56. The number of halogens is 1. The molecule has 3 aromatic heterocycles. The zero-order valence-electron chi connectivity index (χ0n) is 11.3. The minimum Gasteiger partial charge on any atom is -0.402 e. The molecule has 0 unspecified atom stereocenters. The van der Waals surface area contributed by atoms with Gasteiger partial charge < -0.3 is 4.42 Å². The van der Waals surface area contributed by atoms with Crippen LogP contribution < -0.4 is 5.32 Å². The lowest BCUT2D eigenvalue weighted by Crippen LogP contribution is -2.11. The zero-order chi connectivity index (χ0) is 15.8. The Morgan fingerprint density at radius 1 is 1.22 bits per heavy atom. The average molecular weight is 363 g/mol. The van der Waals surface area contributed by atoms with Crippen molar-refractivity contribution in [3.8, 4) is 10.8 Å². The number of thiazole rings is 1. The summed E-state index contributed by atoms with van der Waals surface area (Å²) in [5, 5.41) is 10.3. The SMILES string of the molecule is O=C(Nc1nnc(-c2ccc(Cl)s2)o1)c1ccc2ncsc2c1. The van der Waals surface area contributed by atoms with Crippen LogP contribution in [0.2, 0.25) is 4.34 Å². The fraction of sp³-hybridized carbons (Fsp3) is 0. The largest absolute Gasteiger partial charge is 0.402 e. The number of carbonyl (C=O) groups excluding carboxylic acids is 1. The number of benzene rings is 1. The first-order valence-corrected chi connectivity index (χ1v) is 8.50. The minimum absolute atomic E-state index is 0.0407. The lowest BCUT2D eigenvalue weighted by molar-refractivity contribution is 0.102. The maximum atomic E-state index is 12.3. The average Bonchev–Trinajstić information content (AvgIpc) is 3.26. The Bertz CT molecular complexity index is 1010. The molecule has 3 heterocycles. The summed E-state index contributed by atoms with van der Waals surface area (Å²) in [4.78, 5) is 17.2. The molecule has 0 fully saturated rings. The summed E-state index contributed by atoms with van der Waals surface area (Å²) >= 11 is 8.67. The molecule has 0 aliphatic heterocycles. The quantitative estimate of drug-likeness (QED) is 0.587. The first-order valence-electron chi connectivity index (χ1n) is 6.43. The standard InChI is InChI=1S/C14H7ClN4O2S2/c15-11-4-3-9(23-11)13-18-19-14(21-13)17-12(20)7-1-2-8-10(5-7)22-6-16-8/h1-6H,(H,17,19,20). The molecular formula is C14H7ClN4O2S2. The summed E-state index contributed by atoms with van der Waals surface area (Å²) in [6.45, 7) is 0. The highest BCUT2D eigenvalue weighted by Crippen LogP contribution is 2.30. The van der Waals surface area contributed by atoms with Gasteiger partial charge in [0, 0.05) is 5.56 Å². The van der Waals surface area contributed by atoms with E-state index in [4.69, 9.17) is 16.0 Å². The summed E-state index contributed by atoms with van der Waals surface area (Å²) in [6, 6.07) is 8.84. The van der Waals surface area contributed by atoms with Crippen LogP contribution in [0.25, 0.3) is 21.0 Å². The van der Waals surface area contributed by atoms with E-state index in [1.807, 2.05) is 0 Å². The fourth-order valence-corrected chi connectivity index (χ4v) is 3.65. The molecule has 0 spiro atoms. The molecule has 1 aromatic carbocycles. The number of rotatable bonds is 3. The normalized spacial score (nSPS) is 11.0.